The van der Waals surface area contributed by atoms with Crippen LogP contribution in [0.4, 0.5) is 0 Å². The van der Waals surface area contributed by atoms with Crippen molar-refractivity contribution in [1.82, 2.24) is 0 Å². The SMILES string of the molecule is [N-]=[N+]=NCCCC(=O)C(=O)OC(Cc1ccccc1)c1ccccc1. The third kappa shape index (κ3) is 6.12. The number of hydrogen-bond donors (Lipinski definition) is 0. The van der Waals surface area contributed by atoms with Gasteiger partial charge in [-0.05, 0) is 23.1 Å². The first-order valence-corrected chi connectivity index (χ1v) is 8.04. The number of esters is 1. The van der Waals surface area contributed by atoms with Crippen LogP contribution in [0.3, 0.4) is 0 Å². The number of carbonyl (C=O) groups is 2. The quantitative estimate of drug-likeness (QED) is 0.172. The molecule has 2 aromatic rings. The average Bonchev–Trinajstić information content (AvgIpc) is 2.66. The van der Waals surface area contributed by atoms with Crippen LogP contribution in [0, 0.1) is 0 Å². The second-order valence-corrected chi connectivity index (χ2v) is 5.48. The van der Waals surface area contributed by atoms with Crippen molar-refractivity contribution in [3.05, 3.63) is 82.2 Å². The fourth-order valence-electron chi connectivity index (χ4n) is 2.38. The monoisotopic (exact) mass is 337 g/mol. The molecule has 0 heterocycles. The summed E-state index contributed by atoms with van der Waals surface area (Å²) in [6.07, 6.45) is 0.289. The number of benzene rings is 2. The van der Waals surface area contributed by atoms with Crippen molar-refractivity contribution in [1.29, 1.82) is 0 Å². The number of azide groups is 1. The lowest BCUT2D eigenvalue weighted by molar-refractivity contribution is -0.158. The normalized spacial score (nSPS) is 11.2. The van der Waals surface area contributed by atoms with E-state index in [2.05, 4.69) is 10.0 Å². The van der Waals surface area contributed by atoms with Crippen LogP contribution in [0.15, 0.2) is 65.8 Å². The Hall–Kier alpha value is -3.11. The first kappa shape index (κ1) is 18.2. The molecule has 0 radical (unpaired) electrons. The molecular weight excluding hydrogens is 318 g/mol. The third-order valence-electron chi connectivity index (χ3n) is 3.64. The predicted molar refractivity (Wildman–Crippen MR) is 93.7 cm³/mol. The molecule has 0 aliphatic heterocycles. The minimum Gasteiger partial charge on any atom is -0.451 e. The standard InChI is InChI=1S/C19H19N3O3/c20-22-21-13-7-12-17(23)19(24)25-18(16-10-5-2-6-11-16)14-15-8-3-1-4-9-15/h1-6,8-11,18H,7,12-14H2. The number of Topliss-reactive ketones (excluding diaryl/α,β-unsaturated/α-hetero) is 1. The van der Waals surface area contributed by atoms with E-state index < -0.39 is 17.9 Å². The van der Waals surface area contributed by atoms with Crippen molar-refractivity contribution in [2.45, 2.75) is 25.4 Å². The van der Waals surface area contributed by atoms with Gasteiger partial charge in [0, 0.05) is 24.3 Å². The maximum Gasteiger partial charge on any atom is 0.375 e. The summed E-state index contributed by atoms with van der Waals surface area (Å²) in [7, 11) is 0. The van der Waals surface area contributed by atoms with Crippen LogP contribution in [0.25, 0.3) is 10.4 Å². The minimum atomic E-state index is -0.856. The Balaban J connectivity index is 2.04. The van der Waals surface area contributed by atoms with Gasteiger partial charge in [-0.1, -0.05) is 65.8 Å². The Morgan fingerprint density at radius 2 is 1.68 bits per heavy atom. The molecule has 0 amide bonds. The highest BCUT2D eigenvalue weighted by Crippen LogP contribution is 2.22. The molecule has 2 rings (SSSR count). The van der Waals surface area contributed by atoms with Crippen molar-refractivity contribution in [2.24, 2.45) is 5.11 Å². The molecule has 128 valence electrons. The molecule has 0 saturated heterocycles. The predicted octanol–water partition coefficient (Wildman–Crippen LogP) is 4.17. The van der Waals surface area contributed by atoms with Crippen molar-refractivity contribution in [3.63, 3.8) is 0 Å². The summed E-state index contributed by atoms with van der Waals surface area (Å²) in [4.78, 5) is 26.6. The van der Waals surface area contributed by atoms with Gasteiger partial charge in [0.2, 0.25) is 5.78 Å². The minimum absolute atomic E-state index is 0.00466. The van der Waals surface area contributed by atoms with Crippen LogP contribution in [0.2, 0.25) is 0 Å². The van der Waals surface area contributed by atoms with E-state index in [1.165, 1.54) is 0 Å². The zero-order chi connectivity index (χ0) is 17.9. The molecule has 1 unspecified atom stereocenters. The molecule has 0 N–H and O–H groups in total. The van der Waals surface area contributed by atoms with Gasteiger partial charge in [0.05, 0.1) is 0 Å². The second-order valence-electron chi connectivity index (χ2n) is 5.48. The molecule has 0 saturated carbocycles. The van der Waals surface area contributed by atoms with Crippen molar-refractivity contribution in [3.8, 4) is 0 Å². The molecule has 0 fully saturated rings. The lowest BCUT2D eigenvalue weighted by Crippen LogP contribution is -2.21. The molecule has 1 atom stereocenters. The zero-order valence-corrected chi connectivity index (χ0v) is 13.7. The number of carbonyl (C=O) groups excluding carboxylic acids is 2. The van der Waals surface area contributed by atoms with Crippen molar-refractivity contribution in [2.75, 3.05) is 6.54 Å². The maximum atomic E-state index is 12.1. The third-order valence-corrected chi connectivity index (χ3v) is 3.64. The molecule has 0 spiro atoms. The summed E-state index contributed by atoms with van der Waals surface area (Å²) in [5, 5.41) is 3.34. The van der Waals surface area contributed by atoms with Gasteiger partial charge in [0.25, 0.3) is 0 Å². The Labute approximate surface area is 146 Å². The number of ether oxygens (including phenoxy) is 1. The van der Waals surface area contributed by atoms with Gasteiger partial charge in [0.15, 0.2) is 0 Å². The molecule has 0 aliphatic carbocycles. The molecule has 0 bridgehead atoms. The highest BCUT2D eigenvalue weighted by Gasteiger charge is 2.22. The summed E-state index contributed by atoms with van der Waals surface area (Å²) in [6, 6.07) is 19.0. The summed E-state index contributed by atoms with van der Waals surface area (Å²) in [6.45, 7) is 0.182. The van der Waals surface area contributed by atoms with E-state index in [9.17, 15) is 9.59 Å². The second kappa shape index (κ2) is 9.90. The van der Waals surface area contributed by atoms with E-state index in [1.807, 2.05) is 60.7 Å². The molecule has 0 aliphatic rings. The topological polar surface area (TPSA) is 92.1 Å². The van der Waals surface area contributed by atoms with Gasteiger partial charge in [-0.3, -0.25) is 4.79 Å². The molecule has 2 aromatic carbocycles. The van der Waals surface area contributed by atoms with Crippen LogP contribution < -0.4 is 0 Å². The molecule has 25 heavy (non-hydrogen) atoms. The zero-order valence-electron chi connectivity index (χ0n) is 13.7. The van der Waals surface area contributed by atoms with Gasteiger partial charge >= 0.3 is 5.97 Å². The van der Waals surface area contributed by atoms with Gasteiger partial charge < -0.3 is 4.74 Å². The smallest absolute Gasteiger partial charge is 0.375 e. The maximum absolute atomic E-state index is 12.1. The van der Waals surface area contributed by atoms with E-state index in [0.29, 0.717) is 12.8 Å². The van der Waals surface area contributed by atoms with E-state index in [-0.39, 0.29) is 13.0 Å². The Bertz CT molecular complexity index is 741. The summed E-state index contributed by atoms with van der Waals surface area (Å²) in [5.74, 6) is -1.46. The number of rotatable bonds is 9. The van der Waals surface area contributed by atoms with Crippen molar-refractivity contribution < 1.29 is 14.3 Å². The fourth-order valence-corrected chi connectivity index (χ4v) is 2.38. The van der Waals surface area contributed by atoms with Gasteiger partial charge in [-0.15, -0.1) is 0 Å². The average molecular weight is 337 g/mol. The summed E-state index contributed by atoms with van der Waals surface area (Å²) in [5.41, 5.74) is 10.1. The Morgan fingerprint density at radius 1 is 1.04 bits per heavy atom. The van der Waals surface area contributed by atoms with E-state index in [1.54, 1.807) is 0 Å². The highest BCUT2D eigenvalue weighted by molar-refractivity contribution is 6.33. The van der Waals surface area contributed by atoms with Crippen LogP contribution in [0.5, 0.6) is 0 Å². The van der Waals surface area contributed by atoms with E-state index in [0.717, 1.165) is 11.1 Å². The van der Waals surface area contributed by atoms with Gasteiger partial charge in [-0.2, -0.15) is 0 Å². The largest absolute Gasteiger partial charge is 0.451 e. The van der Waals surface area contributed by atoms with Crippen LogP contribution in [-0.2, 0) is 20.7 Å². The lowest BCUT2D eigenvalue weighted by atomic mass is 10.0. The van der Waals surface area contributed by atoms with Crippen LogP contribution >= 0.6 is 0 Å². The van der Waals surface area contributed by atoms with Gasteiger partial charge in [0.1, 0.15) is 6.10 Å². The lowest BCUT2D eigenvalue weighted by Gasteiger charge is -2.18. The highest BCUT2D eigenvalue weighted by atomic mass is 16.5. The first-order valence-electron chi connectivity index (χ1n) is 8.04. The van der Waals surface area contributed by atoms with E-state index in [4.69, 9.17) is 10.3 Å². The molecular formula is C19H19N3O3. The van der Waals surface area contributed by atoms with E-state index >= 15 is 0 Å². The fraction of sp³-hybridized carbons (Fsp3) is 0.263. The van der Waals surface area contributed by atoms with Gasteiger partial charge in [-0.25, -0.2) is 4.79 Å². The van der Waals surface area contributed by atoms with Crippen molar-refractivity contribution >= 4 is 11.8 Å². The first-order chi connectivity index (χ1) is 12.2. The molecule has 6 heteroatoms. The van der Waals surface area contributed by atoms with Crippen LogP contribution in [-0.4, -0.2) is 18.3 Å². The Kier molecular flexibility index (Phi) is 7.22. The number of hydrogen-bond acceptors (Lipinski definition) is 4. The molecule has 6 nitrogen and oxygen atoms in total. The summed E-state index contributed by atoms with van der Waals surface area (Å²) < 4.78 is 5.47. The van der Waals surface area contributed by atoms with Crippen LogP contribution in [0.1, 0.15) is 30.1 Å². The number of ketones is 1. The number of nitrogens with zero attached hydrogens (tertiary/aromatic N) is 3. The Morgan fingerprint density at radius 3 is 2.32 bits per heavy atom. The molecule has 0 aromatic heterocycles. The summed E-state index contributed by atoms with van der Waals surface area (Å²) >= 11 is 0.